The molecule has 1 unspecified atom stereocenters. The largest absolute Gasteiger partial charge is 0.367 e. The summed E-state index contributed by atoms with van der Waals surface area (Å²) in [4.78, 5) is 4.47. The zero-order valence-electron chi connectivity index (χ0n) is 8.42. The van der Waals surface area contributed by atoms with Crippen LogP contribution in [0.1, 0.15) is 12.5 Å². The number of nitrogens with one attached hydrogen (secondary N) is 1. The van der Waals surface area contributed by atoms with Crippen LogP contribution in [0.2, 0.25) is 0 Å². The molecule has 0 amide bonds. The Labute approximate surface area is 87.1 Å². The minimum absolute atomic E-state index is 0.205. The zero-order valence-corrected chi connectivity index (χ0v) is 8.42. The van der Waals surface area contributed by atoms with Gasteiger partial charge >= 0.3 is 0 Å². The molecule has 1 aliphatic rings. The fourth-order valence-electron chi connectivity index (χ4n) is 2.09. The third-order valence-electron chi connectivity index (χ3n) is 2.76. The van der Waals surface area contributed by atoms with Crippen LogP contribution < -0.4 is 5.32 Å². The highest BCUT2D eigenvalue weighted by Crippen LogP contribution is 2.27. The number of nitrogens with zero attached hydrogens (tertiary/aromatic N) is 1. The summed E-state index contributed by atoms with van der Waals surface area (Å²) < 4.78 is 13.0. The zero-order chi connectivity index (χ0) is 10.4. The number of aromatic nitrogens is 1. The predicted molar refractivity (Wildman–Crippen MR) is 58.5 cm³/mol. The van der Waals surface area contributed by atoms with Gasteiger partial charge in [0, 0.05) is 11.4 Å². The van der Waals surface area contributed by atoms with Crippen molar-refractivity contribution >= 4 is 16.7 Å². The SMILES string of the molecule is CC1Cc2cc3cc(F)ccc3nc2N1. The molecule has 2 heterocycles. The van der Waals surface area contributed by atoms with Crippen LogP contribution in [0.3, 0.4) is 0 Å². The van der Waals surface area contributed by atoms with Crippen LogP contribution in [0.5, 0.6) is 0 Å². The molecule has 1 N–H and O–H groups in total. The van der Waals surface area contributed by atoms with E-state index in [0.29, 0.717) is 6.04 Å². The summed E-state index contributed by atoms with van der Waals surface area (Å²) in [5.41, 5.74) is 2.03. The van der Waals surface area contributed by atoms with Crippen LogP contribution >= 0.6 is 0 Å². The quantitative estimate of drug-likeness (QED) is 0.710. The van der Waals surface area contributed by atoms with E-state index in [4.69, 9.17) is 0 Å². The molecule has 76 valence electrons. The van der Waals surface area contributed by atoms with E-state index in [0.717, 1.165) is 23.1 Å². The fourth-order valence-corrected chi connectivity index (χ4v) is 2.09. The number of anilines is 1. The van der Waals surface area contributed by atoms with Gasteiger partial charge in [-0.15, -0.1) is 0 Å². The molecule has 1 aromatic heterocycles. The minimum Gasteiger partial charge on any atom is -0.367 e. The Morgan fingerprint density at radius 2 is 2.27 bits per heavy atom. The van der Waals surface area contributed by atoms with Gasteiger partial charge < -0.3 is 5.32 Å². The van der Waals surface area contributed by atoms with E-state index in [2.05, 4.69) is 17.2 Å². The molecule has 1 atom stereocenters. The molecule has 15 heavy (non-hydrogen) atoms. The van der Waals surface area contributed by atoms with E-state index < -0.39 is 0 Å². The Morgan fingerprint density at radius 3 is 3.13 bits per heavy atom. The molecule has 2 nitrogen and oxygen atoms in total. The number of hydrogen-bond donors (Lipinski definition) is 1. The van der Waals surface area contributed by atoms with Crippen LogP contribution in [0.25, 0.3) is 10.9 Å². The van der Waals surface area contributed by atoms with Crippen LogP contribution in [0.15, 0.2) is 24.3 Å². The number of halogens is 1. The smallest absolute Gasteiger partial charge is 0.130 e. The summed E-state index contributed by atoms with van der Waals surface area (Å²) >= 11 is 0. The van der Waals surface area contributed by atoms with Crippen LogP contribution in [0.4, 0.5) is 10.2 Å². The number of fused-ring (bicyclic) bond motifs is 2. The number of pyridine rings is 1. The van der Waals surface area contributed by atoms with E-state index in [1.807, 2.05) is 6.07 Å². The molecule has 0 saturated heterocycles. The number of benzene rings is 1. The van der Waals surface area contributed by atoms with Gasteiger partial charge in [0.2, 0.25) is 0 Å². The van der Waals surface area contributed by atoms with Crippen LogP contribution in [-0.2, 0) is 6.42 Å². The normalized spacial score (nSPS) is 18.9. The van der Waals surface area contributed by atoms with E-state index in [-0.39, 0.29) is 5.82 Å². The lowest BCUT2D eigenvalue weighted by atomic mass is 10.1. The maximum atomic E-state index is 13.0. The highest BCUT2D eigenvalue weighted by atomic mass is 19.1. The van der Waals surface area contributed by atoms with Crippen molar-refractivity contribution in [3.05, 3.63) is 35.6 Å². The minimum atomic E-state index is -0.205. The van der Waals surface area contributed by atoms with E-state index >= 15 is 0 Å². The molecule has 1 aromatic carbocycles. The number of hydrogen-bond acceptors (Lipinski definition) is 2. The third kappa shape index (κ3) is 1.35. The van der Waals surface area contributed by atoms with Gasteiger partial charge in [0.25, 0.3) is 0 Å². The fraction of sp³-hybridized carbons (Fsp3) is 0.250. The second-order valence-corrected chi connectivity index (χ2v) is 4.08. The molecule has 0 aliphatic carbocycles. The molecule has 1 aliphatic heterocycles. The van der Waals surface area contributed by atoms with Crippen molar-refractivity contribution in [2.24, 2.45) is 0 Å². The molecule has 2 aromatic rings. The number of rotatable bonds is 0. The van der Waals surface area contributed by atoms with Gasteiger partial charge in [0.05, 0.1) is 5.52 Å². The first-order valence-electron chi connectivity index (χ1n) is 5.08. The maximum absolute atomic E-state index is 13.0. The summed E-state index contributed by atoms with van der Waals surface area (Å²) in [5, 5.41) is 4.18. The summed E-state index contributed by atoms with van der Waals surface area (Å²) in [6, 6.07) is 7.15. The highest BCUT2D eigenvalue weighted by molar-refractivity contribution is 5.82. The predicted octanol–water partition coefficient (Wildman–Crippen LogP) is 2.73. The first-order valence-corrected chi connectivity index (χ1v) is 5.08. The molecule has 0 fully saturated rings. The van der Waals surface area contributed by atoms with Crippen molar-refractivity contribution < 1.29 is 4.39 Å². The Balaban J connectivity index is 2.25. The Kier molecular flexibility index (Phi) is 1.69. The molecule has 0 bridgehead atoms. The lowest BCUT2D eigenvalue weighted by Gasteiger charge is -2.03. The molecule has 0 radical (unpaired) electrons. The van der Waals surface area contributed by atoms with Gasteiger partial charge in [0.1, 0.15) is 11.6 Å². The Hall–Kier alpha value is -1.64. The van der Waals surface area contributed by atoms with Crippen molar-refractivity contribution in [1.29, 1.82) is 0 Å². The second kappa shape index (κ2) is 2.92. The van der Waals surface area contributed by atoms with Gasteiger partial charge in [-0.3, -0.25) is 0 Å². The van der Waals surface area contributed by atoms with Crippen molar-refractivity contribution in [3.8, 4) is 0 Å². The molecule has 3 rings (SSSR count). The van der Waals surface area contributed by atoms with E-state index in [1.54, 1.807) is 6.07 Å². The molecule has 0 saturated carbocycles. The average Bonchev–Trinajstić information content (AvgIpc) is 2.53. The Morgan fingerprint density at radius 1 is 1.40 bits per heavy atom. The molecular weight excluding hydrogens is 191 g/mol. The van der Waals surface area contributed by atoms with Gasteiger partial charge in [-0.05, 0) is 43.2 Å². The van der Waals surface area contributed by atoms with E-state index in [9.17, 15) is 4.39 Å². The first kappa shape index (κ1) is 8.65. The van der Waals surface area contributed by atoms with Crippen molar-refractivity contribution in [2.45, 2.75) is 19.4 Å². The summed E-state index contributed by atoms with van der Waals surface area (Å²) in [7, 11) is 0. The first-order chi connectivity index (χ1) is 7.22. The van der Waals surface area contributed by atoms with Crippen LogP contribution in [0, 0.1) is 5.82 Å². The van der Waals surface area contributed by atoms with Crippen molar-refractivity contribution in [3.63, 3.8) is 0 Å². The van der Waals surface area contributed by atoms with E-state index in [1.165, 1.54) is 17.7 Å². The average molecular weight is 202 g/mol. The lowest BCUT2D eigenvalue weighted by molar-refractivity contribution is 0.629. The van der Waals surface area contributed by atoms with Crippen molar-refractivity contribution in [1.82, 2.24) is 4.98 Å². The van der Waals surface area contributed by atoms with Gasteiger partial charge in [-0.2, -0.15) is 0 Å². The molecular formula is C12H11FN2. The topological polar surface area (TPSA) is 24.9 Å². The molecule has 3 heteroatoms. The molecule has 0 spiro atoms. The standard InChI is InChI=1S/C12H11FN2/c1-7-4-9-5-8-6-10(13)2-3-11(8)15-12(9)14-7/h2-3,5-7H,4H2,1H3,(H,14,15). The monoisotopic (exact) mass is 202 g/mol. The van der Waals surface area contributed by atoms with Crippen LogP contribution in [-0.4, -0.2) is 11.0 Å². The van der Waals surface area contributed by atoms with Gasteiger partial charge in [-0.25, -0.2) is 9.37 Å². The van der Waals surface area contributed by atoms with Crippen molar-refractivity contribution in [2.75, 3.05) is 5.32 Å². The lowest BCUT2D eigenvalue weighted by Crippen LogP contribution is -2.08. The maximum Gasteiger partial charge on any atom is 0.130 e. The summed E-state index contributed by atoms with van der Waals surface area (Å²) in [6.45, 7) is 2.12. The summed E-state index contributed by atoms with van der Waals surface area (Å²) in [6.07, 6.45) is 0.967. The highest BCUT2D eigenvalue weighted by Gasteiger charge is 2.18. The van der Waals surface area contributed by atoms with Gasteiger partial charge in [-0.1, -0.05) is 0 Å². The van der Waals surface area contributed by atoms with Gasteiger partial charge in [0.15, 0.2) is 0 Å². The Bertz CT molecular complexity index is 536. The second-order valence-electron chi connectivity index (χ2n) is 4.08. The third-order valence-corrected chi connectivity index (χ3v) is 2.76. The summed E-state index contributed by atoms with van der Waals surface area (Å²) in [5.74, 6) is 0.741.